The van der Waals surface area contributed by atoms with E-state index in [1.807, 2.05) is 6.07 Å². The summed E-state index contributed by atoms with van der Waals surface area (Å²) in [6.07, 6.45) is 3.08. The van der Waals surface area contributed by atoms with E-state index in [-0.39, 0.29) is 48.5 Å². The number of carbonyl (C=O) groups is 1. The maximum absolute atomic E-state index is 13.3. The third kappa shape index (κ3) is 6.38. The molecule has 1 aromatic rings. The van der Waals surface area contributed by atoms with Crippen molar-refractivity contribution in [3.63, 3.8) is 0 Å². The zero-order chi connectivity index (χ0) is 16.9. The summed E-state index contributed by atoms with van der Waals surface area (Å²) < 4.78 is 13.3. The Hall–Kier alpha value is -0.880. The zero-order valence-corrected chi connectivity index (χ0v) is 16.9. The predicted octanol–water partition coefficient (Wildman–Crippen LogP) is 3.00. The van der Waals surface area contributed by atoms with Crippen LogP contribution in [0.2, 0.25) is 0 Å². The normalized spacial score (nSPS) is 26.3. The molecule has 2 aliphatic rings. The number of halogens is 3. The summed E-state index contributed by atoms with van der Waals surface area (Å²) in [4.78, 5) is 14.9. The molecule has 0 aromatic heterocycles. The Labute approximate surface area is 168 Å². The van der Waals surface area contributed by atoms with Gasteiger partial charge in [0.1, 0.15) is 5.82 Å². The van der Waals surface area contributed by atoms with Crippen LogP contribution in [0.5, 0.6) is 0 Å². The van der Waals surface area contributed by atoms with Crippen molar-refractivity contribution in [2.45, 2.75) is 38.8 Å². The third-order valence-electron chi connectivity index (χ3n) is 5.33. The lowest BCUT2D eigenvalue weighted by molar-refractivity contribution is -0.128. The molecule has 26 heavy (non-hydrogen) atoms. The van der Waals surface area contributed by atoms with Crippen molar-refractivity contribution in [1.29, 1.82) is 0 Å². The molecular formula is C19H30Cl2FN3O. The van der Waals surface area contributed by atoms with Gasteiger partial charge in [0.15, 0.2) is 0 Å². The van der Waals surface area contributed by atoms with Gasteiger partial charge in [-0.1, -0.05) is 19.1 Å². The van der Waals surface area contributed by atoms with E-state index in [9.17, 15) is 9.18 Å². The Morgan fingerprint density at radius 2 is 2.15 bits per heavy atom. The summed E-state index contributed by atoms with van der Waals surface area (Å²) in [5.74, 6) is 0.556. The minimum absolute atomic E-state index is 0. The van der Waals surface area contributed by atoms with Gasteiger partial charge in [-0.05, 0) is 56.0 Å². The second-order valence-electron chi connectivity index (χ2n) is 7.29. The number of piperidine rings is 2. The highest BCUT2D eigenvalue weighted by molar-refractivity contribution is 5.85. The van der Waals surface area contributed by atoms with E-state index in [4.69, 9.17) is 0 Å². The van der Waals surface area contributed by atoms with Crippen molar-refractivity contribution in [3.8, 4) is 0 Å². The molecular weight excluding hydrogens is 376 g/mol. The monoisotopic (exact) mass is 405 g/mol. The van der Waals surface area contributed by atoms with Crippen LogP contribution >= 0.6 is 24.8 Å². The van der Waals surface area contributed by atoms with Gasteiger partial charge in [-0.3, -0.25) is 9.69 Å². The van der Waals surface area contributed by atoms with E-state index in [0.717, 1.165) is 51.0 Å². The second kappa shape index (κ2) is 11.1. The van der Waals surface area contributed by atoms with Crippen molar-refractivity contribution in [1.82, 2.24) is 15.5 Å². The summed E-state index contributed by atoms with van der Waals surface area (Å²) in [6, 6.07) is 6.98. The molecule has 7 heteroatoms. The smallest absolute Gasteiger partial charge is 0.224 e. The van der Waals surface area contributed by atoms with Gasteiger partial charge in [0.2, 0.25) is 5.91 Å². The van der Waals surface area contributed by atoms with E-state index >= 15 is 0 Å². The fourth-order valence-electron chi connectivity index (χ4n) is 3.79. The highest BCUT2D eigenvalue weighted by Crippen LogP contribution is 2.20. The highest BCUT2D eigenvalue weighted by atomic mass is 35.5. The summed E-state index contributed by atoms with van der Waals surface area (Å²) in [6.45, 7) is 6.56. The summed E-state index contributed by atoms with van der Waals surface area (Å²) in [7, 11) is 0. The van der Waals surface area contributed by atoms with Gasteiger partial charge < -0.3 is 10.6 Å². The molecule has 2 heterocycles. The number of amides is 1. The average Bonchev–Trinajstić information content (AvgIpc) is 2.57. The van der Waals surface area contributed by atoms with Crippen LogP contribution < -0.4 is 10.6 Å². The fraction of sp³-hybridized carbons (Fsp3) is 0.632. The van der Waals surface area contributed by atoms with Crippen molar-refractivity contribution in [2.75, 3.05) is 26.2 Å². The van der Waals surface area contributed by atoms with Gasteiger partial charge in [0, 0.05) is 25.7 Å². The SMILES string of the molecule is CC1CCNCC1NC(=O)C1CCCN(Cc2cccc(F)c2)C1.Cl.Cl. The van der Waals surface area contributed by atoms with Crippen LogP contribution in [-0.2, 0) is 11.3 Å². The van der Waals surface area contributed by atoms with Crippen LogP contribution in [0.3, 0.4) is 0 Å². The molecule has 3 rings (SSSR count). The quantitative estimate of drug-likeness (QED) is 0.808. The molecule has 0 radical (unpaired) electrons. The van der Waals surface area contributed by atoms with Gasteiger partial charge in [-0.15, -0.1) is 24.8 Å². The molecule has 3 unspecified atom stereocenters. The lowest BCUT2D eigenvalue weighted by Gasteiger charge is -2.35. The van der Waals surface area contributed by atoms with Crippen LogP contribution in [0, 0.1) is 17.7 Å². The Balaban J connectivity index is 0.00000169. The summed E-state index contributed by atoms with van der Waals surface area (Å²) in [5, 5.41) is 6.60. The first kappa shape index (κ1) is 23.2. The van der Waals surface area contributed by atoms with Gasteiger partial charge in [0.05, 0.1) is 5.92 Å². The lowest BCUT2D eigenvalue weighted by atomic mass is 9.92. The van der Waals surface area contributed by atoms with E-state index in [1.165, 1.54) is 6.07 Å². The van der Waals surface area contributed by atoms with Crippen molar-refractivity contribution in [2.24, 2.45) is 11.8 Å². The van der Waals surface area contributed by atoms with Crippen LogP contribution in [0.4, 0.5) is 4.39 Å². The topological polar surface area (TPSA) is 44.4 Å². The Morgan fingerprint density at radius 3 is 2.88 bits per heavy atom. The summed E-state index contributed by atoms with van der Waals surface area (Å²) in [5.41, 5.74) is 0.973. The van der Waals surface area contributed by atoms with E-state index in [2.05, 4.69) is 22.5 Å². The van der Waals surface area contributed by atoms with Gasteiger partial charge >= 0.3 is 0 Å². The molecule has 0 spiro atoms. The molecule has 2 fully saturated rings. The first-order chi connectivity index (χ1) is 11.6. The Kier molecular flexibility index (Phi) is 9.86. The first-order valence-corrected chi connectivity index (χ1v) is 9.09. The Morgan fingerprint density at radius 1 is 1.35 bits per heavy atom. The lowest BCUT2D eigenvalue weighted by Crippen LogP contribution is -2.53. The molecule has 2 aliphatic heterocycles. The molecule has 4 nitrogen and oxygen atoms in total. The molecule has 0 aliphatic carbocycles. The number of nitrogens with one attached hydrogen (secondary N) is 2. The standard InChI is InChI=1S/C19H28FN3O.2ClH/c1-14-7-8-21-11-18(14)22-19(24)16-5-3-9-23(13-16)12-15-4-2-6-17(20)10-15;;/h2,4,6,10,14,16,18,21H,3,5,7-9,11-13H2,1H3,(H,22,24);2*1H. The van der Waals surface area contributed by atoms with E-state index in [0.29, 0.717) is 12.5 Å². The number of benzene rings is 1. The van der Waals surface area contributed by atoms with Crippen LogP contribution in [0.15, 0.2) is 24.3 Å². The molecule has 0 bridgehead atoms. The zero-order valence-electron chi connectivity index (χ0n) is 15.2. The molecule has 2 saturated heterocycles. The number of nitrogens with zero attached hydrogens (tertiary/aromatic N) is 1. The number of hydrogen-bond acceptors (Lipinski definition) is 3. The maximum atomic E-state index is 13.3. The van der Waals surface area contributed by atoms with Crippen molar-refractivity contribution < 1.29 is 9.18 Å². The molecule has 1 amide bonds. The minimum Gasteiger partial charge on any atom is -0.352 e. The minimum atomic E-state index is -0.197. The van der Waals surface area contributed by atoms with E-state index < -0.39 is 0 Å². The molecule has 2 N–H and O–H groups in total. The average molecular weight is 406 g/mol. The third-order valence-corrected chi connectivity index (χ3v) is 5.33. The summed E-state index contributed by atoms with van der Waals surface area (Å²) >= 11 is 0. The van der Waals surface area contributed by atoms with Gasteiger partial charge in [0.25, 0.3) is 0 Å². The number of rotatable bonds is 4. The highest BCUT2D eigenvalue weighted by Gasteiger charge is 2.29. The van der Waals surface area contributed by atoms with Crippen molar-refractivity contribution in [3.05, 3.63) is 35.6 Å². The predicted molar refractivity (Wildman–Crippen MR) is 107 cm³/mol. The van der Waals surface area contributed by atoms with Gasteiger partial charge in [-0.2, -0.15) is 0 Å². The van der Waals surface area contributed by atoms with E-state index in [1.54, 1.807) is 12.1 Å². The molecule has 0 saturated carbocycles. The van der Waals surface area contributed by atoms with Crippen LogP contribution in [-0.4, -0.2) is 43.0 Å². The van der Waals surface area contributed by atoms with Crippen LogP contribution in [0.1, 0.15) is 31.7 Å². The van der Waals surface area contributed by atoms with Crippen molar-refractivity contribution >= 4 is 30.7 Å². The number of hydrogen-bond donors (Lipinski definition) is 2. The molecule has 1 aromatic carbocycles. The van der Waals surface area contributed by atoms with Gasteiger partial charge in [-0.25, -0.2) is 4.39 Å². The number of carbonyl (C=O) groups excluding carboxylic acids is 1. The Bertz CT molecular complexity index is 575. The molecule has 148 valence electrons. The largest absolute Gasteiger partial charge is 0.352 e. The second-order valence-corrected chi connectivity index (χ2v) is 7.29. The first-order valence-electron chi connectivity index (χ1n) is 9.09. The molecule has 3 atom stereocenters. The maximum Gasteiger partial charge on any atom is 0.224 e. The number of likely N-dealkylation sites (tertiary alicyclic amines) is 1. The van der Waals surface area contributed by atoms with Crippen LogP contribution in [0.25, 0.3) is 0 Å². The fourth-order valence-corrected chi connectivity index (χ4v) is 3.79.